The van der Waals surface area contributed by atoms with E-state index in [0.717, 1.165) is 9.64 Å². The highest BCUT2D eigenvalue weighted by Gasteiger charge is 2.13. The number of hydrazine groups is 1. The molecule has 0 bridgehead atoms. The molecular weight excluding hydrogens is 459 g/mol. The lowest BCUT2D eigenvalue weighted by Gasteiger charge is -2.11. The minimum absolute atomic E-state index is 0.0773. The van der Waals surface area contributed by atoms with E-state index in [1.54, 1.807) is 24.3 Å². The largest absolute Gasteiger partial charge is 0.298 e. The van der Waals surface area contributed by atoms with Gasteiger partial charge in [-0.15, -0.1) is 0 Å². The van der Waals surface area contributed by atoms with Gasteiger partial charge in [0.2, 0.25) is 0 Å². The number of nitro benzene ring substituents is 1. The molecule has 25 heavy (non-hydrogen) atoms. The average Bonchev–Trinajstić information content (AvgIpc) is 2.60. The molecule has 0 aromatic heterocycles. The molecule has 0 spiro atoms. The maximum Gasteiger partial charge on any atom is 0.270 e. The van der Waals surface area contributed by atoms with Gasteiger partial charge in [-0.25, -0.2) is 0 Å². The minimum atomic E-state index is -0.630. The zero-order chi connectivity index (χ0) is 18.4. The van der Waals surface area contributed by atoms with Crippen LogP contribution in [0.1, 0.15) is 20.7 Å². The summed E-state index contributed by atoms with van der Waals surface area (Å²) in [5.41, 5.74) is 4.96. The summed E-state index contributed by atoms with van der Waals surface area (Å²) in [6.07, 6.45) is 0. The second kappa shape index (κ2) is 8.48. The van der Waals surface area contributed by atoms with Crippen molar-refractivity contribution < 1.29 is 14.5 Å². The van der Waals surface area contributed by atoms with Crippen LogP contribution < -0.4 is 16.2 Å². The molecule has 0 fully saturated rings. The average molecular weight is 470 g/mol. The second-order valence-corrected chi connectivity index (χ2v) is 6.22. The number of carbonyl (C=O) groups excluding carboxylic acids is 2. The molecule has 2 amide bonds. The molecule has 2 aromatic rings. The Hall–Kier alpha value is -2.60. The van der Waals surface area contributed by atoms with E-state index in [4.69, 9.17) is 12.2 Å². The molecule has 0 unspecified atom stereocenters. The first-order valence-corrected chi connectivity index (χ1v) is 8.28. The van der Waals surface area contributed by atoms with E-state index in [-0.39, 0.29) is 16.4 Å². The van der Waals surface area contributed by atoms with Gasteiger partial charge >= 0.3 is 0 Å². The molecular formula is C15H11IN4O4S. The zero-order valence-corrected chi connectivity index (χ0v) is 15.5. The SMILES string of the molecule is O=C(NNC(=S)NC(=O)c1ccccc1I)c1cccc([N+](=O)[O-])c1. The maximum absolute atomic E-state index is 12.1. The molecule has 0 aliphatic rings. The van der Waals surface area contributed by atoms with Crippen LogP contribution in [-0.4, -0.2) is 21.9 Å². The predicted molar refractivity (Wildman–Crippen MR) is 103 cm³/mol. The molecule has 0 saturated carbocycles. The summed E-state index contributed by atoms with van der Waals surface area (Å²) in [7, 11) is 0. The van der Waals surface area contributed by atoms with Gasteiger partial charge in [-0.1, -0.05) is 18.2 Å². The molecule has 128 valence electrons. The lowest BCUT2D eigenvalue weighted by molar-refractivity contribution is -0.384. The summed E-state index contributed by atoms with van der Waals surface area (Å²) < 4.78 is 0.751. The summed E-state index contributed by atoms with van der Waals surface area (Å²) in [6.45, 7) is 0. The monoisotopic (exact) mass is 470 g/mol. The van der Waals surface area contributed by atoms with E-state index in [1.165, 1.54) is 18.2 Å². The Labute approximate surface area is 161 Å². The van der Waals surface area contributed by atoms with Crippen LogP contribution in [0.3, 0.4) is 0 Å². The lowest BCUT2D eigenvalue weighted by atomic mass is 10.2. The van der Waals surface area contributed by atoms with Crippen molar-refractivity contribution in [3.63, 3.8) is 0 Å². The summed E-state index contributed by atoms with van der Waals surface area (Å²) in [6, 6.07) is 12.1. The van der Waals surface area contributed by atoms with Crippen LogP contribution in [0.4, 0.5) is 5.69 Å². The fourth-order valence-electron chi connectivity index (χ4n) is 1.79. The topological polar surface area (TPSA) is 113 Å². The van der Waals surface area contributed by atoms with Crippen molar-refractivity contribution in [1.82, 2.24) is 16.2 Å². The Bertz CT molecular complexity index is 859. The third kappa shape index (κ3) is 5.19. The number of hydrogen-bond acceptors (Lipinski definition) is 5. The van der Waals surface area contributed by atoms with E-state index in [2.05, 4.69) is 16.2 Å². The quantitative estimate of drug-likeness (QED) is 0.274. The van der Waals surface area contributed by atoms with Crippen molar-refractivity contribution >= 4 is 57.4 Å². The van der Waals surface area contributed by atoms with E-state index in [1.807, 2.05) is 22.6 Å². The van der Waals surface area contributed by atoms with Crippen LogP contribution in [0.15, 0.2) is 48.5 Å². The first-order valence-electron chi connectivity index (χ1n) is 6.79. The zero-order valence-electron chi connectivity index (χ0n) is 12.5. The van der Waals surface area contributed by atoms with Gasteiger partial charge in [-0.2, -0.15) is 0 Å². The number of non-ortho nitro benzene ring substituents is 1. The number of hydrogen-bond donors (Lipinski definition) is 3. The summed E-state index contributed by atoms with van der Waals surface area (Å²) in [4.78, 5) is 34.2. The van der Waals surface area contributed by atoms with Crippen molar-refractivity contribution in [3.05, 3.63) is 73.3 Å². The third-order valence-corrected chi connectivity index (χ3v) is 4.10. The van der Waals surface area contributed by atoms with Gasteiger partial charge in [0.05, 0.1) is 10.5 Å². The first kappa shape index (κ1) is 18.7. The van der Waals surface area contributed by atoms with Crippen LogP contribution in [0.2, 0.25) is 0 Å². The molecule has 2 aromatic carbocycles. The van der Waals surface area contributed by atoms with Crippen LogP contribution in [-0.2, 0) is 0 Å². The second-order valence-electron chi connectivity index (χ2n) is 4.65. The number of amides is 2. The van der Waals surface area contributed by atoms with Crippen molar-refractivity contribution in [2.75, 3.05) is 0 Å². The molecule has 3 N–H and O–H groups in total. The Kier molecular flexibility index (Phi) is 6.36. The Balaban J connectivity index is 1.92. The molecule has 0 radical (unpaired) electrons. The molecule has 2 rings (SSSR count). The van der Waals surface area contributed by atoms with E-state index in [9.17, 15) is 19.7 Å². The Morgan fingerprint density at radius 3 is 2.44 bits per heavy atom. The highest BCUT2D eigenvalue weighted by molar-refractivity contribution is 14.1. The number of thiocarbonyl (C=S) groups is 1. The van der Waals surface area contributed by atoms with Gasteiger partial charge in [0.25, 0.3) is 17.5 Å². The van der Waals surface area contributed by atoms with E-state index in [0.29, 0.717) is 5.56 Å². The molecule has 10 heteroatoms. The Morgan fingerprint density at radius 2 is 1.76 bits per heavy atom. The van der Waals surface area contributed by atoms with Crippen LogP contribution >= 0.6 is 34.8 Å². The number of nitrogens with one attached hydrogen (secondary N) is 3. The third-order valence-electron chi connectivity index (χ3n) is 2.95. The van der Waals surface area contributed by atoms with Crippen molar-refractivity contribution in [3.8, 4) is 0 Å². The minimum Gasteiger partial charge on any atom is -0.298 e. The van der Waals surface area contributed by atoms with Crippen LogP contribution in [0.5, 0.6) is 0 Å². The number of nitrogens with zero attached hydrogens (tertiary/aromatic N) is 1. The molecule has 0 aliphatic carbocycles. The van der Waals surface area contributed by atoms with Gasteiger partial charge < -0.3 is 0 Å². The van der Waals surface area contributed by atoms with Gasteiger partial charge in [-0.05, 0) is 53.0 Å². The predicted octanol–water partition coefficient (Wildman–Crippen LogP) is 2.15. The lowest BCUT2D eigenvalue weighted by Crippen LogP contribution is -2.48. The van der Waals surface area contributed by atoms with Gasteiger partial charge in [-0.3, -0.25) is 35.9 Å². The molecule has 0 aliphatic heterocycles. The summed E-state index contributed by atoms with van der Waals surface area (Å²) in [5, 5.41) is 13.0. The number of benzene rings is 2. The maximum atomic E-state index is 12.1. The van der Waals surface area contributed by atoms with Gasteiger partial charge in [0, 0.05) is 21.3 Å². The Morgan fingerprint density at radius 1 is 1.04 bits per heavy atom. The van der Waals surface area contributed by atoms with E-state index >= 15 is 0 Å². The van der Waals surface area contributed by atoms with Gasteiger partial charge in [0.15, 0.2) is 5.11 Å². The molecule has 8 nitrogen and oxygen atoms in total. The van der Waals surface area contributed by atoms with Crippen molar-refractivity contribution in [2.45, 2.75) is 0 Å². The van der Waals surface area contributed by atoms with Crippen LogP contribution in [0.25, 0.3) is 0 Å². The molecule has 0 atom stereocenters. The number of nitro groups is 1. The summed E-state index contributed by atoms with van der Waals surface area (Å²) in [5.74, 6) is -1.05. The number of halogens is 1. The fourth-order valence-corrected chi connectivity index (χ4v) is 2.57. The standard InChI is InChI=1S/C15H11IN4O4S/c16-12-7-2-1-6-11(12)14(22)17-15(25)19-18-13(21)9-4-3-5-10(8-9)20(23)24/h1-8H,(H,18,21)(H2,17,19,22,25). The van der Waals surface area contributed by atoms with Crippen molar-refractivity contribution in [2.24, 2.45) is 0 Å². The fraction of sp³-hybridized carbons (Fsp3) is 0. The smallest absolute Gasteiger partial charge is 0.270 e. The highest BCUT2D eigenvalue weighted by atomic mass is 127. The number of rotatable bonds is 3. The highest BCUT2D eigenvalue weighted by Crippen LogP contribution is 2.13. The normalized spacial score (nSPS) is 9.80. The van der Waals surface area contributed by atoms with Gasteiger partial charge in [0.1, 0.15) is 0 Å². The first-order chi connectivity index (χ1) is 11.9. The van der Waals surface area contributed by atoms with Crippen molar-refractivity contribution in [1.29, 1.82) is 0 Å². The molecule has 0 saturated heterocycles. The van der Waals surface area contributed by atoms with Crippen LogP contribution in [0, 0.1) is 13.7 Å². The number of carbonyl (C=O) groups is 2. The van der Waals surface area contributed by atoms with E-state index < -0.39 is 16.7 Å². The summed E-state index contributed by atoms with van der Waals surface area (Å²) >= 11 is 6.96. The molecule has 0 heterocycles.